The Kier molecular flexibility index (Phi) is 8.80. The molecule has 4 aliphatic rings. The molecule has 3 aliphatic heterocycles. The van der Waals surface area contributed by atoms with E-state index in [2.05, 4.69) is 5.32 Å². The minimum atomic E-state index is -1.69. The van der Waals surface area contributed by atoms with E-state index in [0.29, 0.717) is 50.5 Å². The summed E-state index contributed by atoms with van der Waals surface area (Å²) in [6.07, 6.45) is 6.91. The zero-order valence-electron chi connectivity index (χ0n) is 24.6. The summed E-state index contributed by atoms with van der Waals surface area (Å²) >= 11 is 0. The number of carbonyl (C=O) groups excluding carboxylic acids is 2. The molecule has 3 N–H and O–H groups in total. The molecule has 1 aromatic carbocycles. The Hall–Kier alpha value is -3.18. The predicted octanol–water partition coefficient (Wildman–Crippen LogP) is 3.68. The number of allylic oxidation sites excluding steroid dienone is 5. The number of halogens is 2. The molecule has 8 nitrogen and oxygen atoms in total. The standard InChI is InChI=1S/C32H40F2N4O4/c1-4-22(15-35)11-21(2)16-36-30(40)28-14-32(41-9-10-42-32)20-38(28)29(39)19-37-17-24-6-5-23(12-25(24)18-37)26-7-8-31(3,34)13-27(26)33/h4-7,11-13,28H,8-10,14-20,35H2,1-3H3,(H,36,40)/b21-11+,22-4+. The van der Waals surface area contributed by atoms with E-state index < -0.39 is 23.3 Å². The average Bonchev–Trinajstić information content (AvgIpc) is 3.68. The fourth-order valence-corrected chi connectivity index (χ4v) is 6.10. The molecule has 10 heteroatoms. The highest BCUT2D eigenvalue weighted by Gasteiger charge is 2.52. The van der Waals surface area contributed by atoms with Crippen LogP contribution < -0.4 is 11.1 Å². The molecule has 2 atom stereocenters. The highest BCUT2D eigenvalue weighted by atomic mass is 19.1. The summed E-state index contributed by atoms with van der Waals surface area (Å²) in [6.45, 7) is 8.16. The molecule has 1 aliphatic carbocycles. The van der Waals surface area contributed by atoms with Crippen molar-refractivity contribution in [3.8, 4) is 0 Å². The number of hydrogen-bond acceptors (Lipinski definition) is 6. The van der Waals surface area contributed by atoms with Crippen LogP contribution in [-0.2, 0) is 32.2 Å². The van der Waals surface area contributed by atoms with Crippen LogP contribution in [0.5, 0.6) is 0 Å². The molecule has 2 amide bonds. The molecule has 2 unspecified atom stereocenters. The molecule has 0 bridgehead atoms. The first-order valence-electron chi connectivity index (χ1n) is 14.5. The number of nitrogens with zero attached hydrogens (tertiary/aromatic N) is 2. The second-order valence-electron chi connectivity index (χ2n) is 11.8. The summed E-state index contributed by atoms with van der Waals surface area (Å²) in [6, 6.07) is 4.98. The van der Waals surface area contributed by atoms with Gasteiger partial charge in [-0.1, -0.05) is 35.9 Å². The molecule has 0 radical (unpaired) electrons. The number of nitrogens with one attached hydrogen (secondary N) is 1. The van der Waals surface area contributed by atoms with Gasteiger partial charge in [0.25, 0.3) is 0 Å². The molecule has 226 valence electrons. The number of carbonyl (C=O) groups is 2. The summed E-state index contributed by atoms with van der Waals surface area (Å²) in [5.41, 5.74) is 9.13. The first kappa shape index (κ1) is 30.3. The Balaban J connectivity index is 1.24. The molecule has 0 saturated carbocycles. The van der Waals surface area contributed by atoms with Gasteiger partial charge in [0.1, 0.15) is 17.5 Å². The van der Waals surface area contributed by atoms with Crippen molar-refractivity contribution in [1.29, 1.82) is 0 Å². The molecule has 42 heavy (non-hydrogen) atoms. The second kappa shape index (κ2) is 12.2. The number of fused-ring (bicyclic) bond motifs is 1. The van der Waals surface area contributed by atoms with E-state index in [-0.39, 0.29) is 37.7 Å². The maximum atomic E-state index is 14.6. The van der Waals surface area contributed by atoms with E-state index in [4.69, 9.17) is 15.2 Å². The van der Waals surface area contributed by atoms with Crippen molar-refractivity contribution in [2.75, 3.05) is 39.4 Å². The maximum absolute atomic E-state index is 14.6. The quantitative estimate of drug-likeness (QED) is 0.454. The fourth-order valence-electron chi connectivity index (χ4n) is 6.10. The van der Waals surface area contributed by atoms with Crippen LogP contribution in [0.2, 0.25) is 0 Å². The number of benzene rings is 1. The highest BCUT2D eigenvalue weighted by molar-refractivity contribution is 5.89. The first-order chi connectivity index (χ1) is 20.0. The molecular formula is C32H40F2N4O4. The molecule has 1 spiro atoms. The minimum absolute atomic E-state index is 0.112. The summed E-state index contributed by atoms with van der Waals surface area (Å²) < 4.78 is 40.6. The number of nitrogens with two attached hydrogens (primary N) is 1. The Morgan fingerprint density at radius 2 is 1.95 bits per heavy atom. The zero-order valence-corrected chi connectivity index (χ0v) is 24.6. The Bertz CT molecular complexity index is 1360. The fraction of sp³-hybridized carbons (Fsp3) is 0.500. The van der Waals surface area contributed by atoms with E-state index in [9.17, 15) is 18.4 Å². The van der Waals surface area contributed by atoms with Crippen LogP contribution in [-0.4, -0.2) is 78.5 Å². The lowest BCUT2D eigenvalue weighted by Gasteiger charge is -2.26. The Morgan fingerprint density at radius 3 is 2.64 bits per heavy atom. The Labute approximate surface area is 245 Å². The van der Waals surface area contributed by atoms with Crippen LogP contribution in [0, 0.1) is 0 Å². The van der Waals surface area contributed by atoms with Crippen LogP contribution in [0.25, 0.3) is 5.57 Å². The monoisotopic (exact) mass is 582 g/mol. The number of ether oxygens (including phenoxy) is 2. The van der Waals surface area contributed by atoms with Crippen molar-refractivity contribution in [3.05, 3.63) is 76.2 Å². The molecule has 5 rings (SSSR count). The molecular weight excluding hydrogens is 542 g/mol. The van der Waals surface area contributed by atoms with Gasteiger partial charge in [-0.3, -0.25) is 14.5 Å². The number of hydrogen-bond donors (Lipinski definition) is 2. The lowest BCUT2D eigenvalue weighted by Crippen LogP contribution is -2.49. The van der Waals surface area contributed by atoms with Crippen molar-refractivity contribution in [2.24, 2.45) is 5.73 Å². The highest BCUT2D eigenvalue weighted by Crippen LogP contribution is 2.38. The van der Waals surface area contributed by atoms with Gasteiger partial charge in [0.05, 0.1) is 26.3 Å². The van der Waals surface area contributed by atoms with E-state index in [1.165, 1.54) is 6.92 Å². The number of alkyl halides is 1. The normalized spacial score (nSPS) is 26.0. The average molecular weight is 583 g/mol. The van der Waals surface area contributed by atoms with Crippen LogP contribution in [0.3, 0.4) is 0 Å². The van der Waals surface area contributed by atoms with Gasteiger partial charge in [0.15, 0.2) is 5.79 Å². The zero-order chi connectivity index (χ0) is 30.1. The third-order valence-electron chi connectivity index (χ3n) is 8.36. The largest absolute Gasteiger partial charge is 0.351 e. The first-order valence-corrected chi connectivity index (χ1v) is 14.5. The van der Waals surface area contributed by atoms with Crippen molar-refractivity contribution < 1.29 is 27.8 Å². The van der Waals surface area contributed by atoms with Gasteiger partial charge < -0.3 is 25.4 Å². The van der Waals surface area contributed by atoms with Gasteiger partial charge >= 0.3 is 0 Å². The lowest BCUT2D eigenvalue weighted by molar-refractivity contribution is -0.152. The molecule has 3 heterocycles. The predicted molar refractivity (Wildman–Crippen MR) is 156 cm³/mol. The van der Waals surface area contributed by atoms with Gasteiger partial charge in [-0.05, 0) is 55.2 Å². The molecule has 1 aromatic rings. The molecule has 0 aromatic heterocycles. The van der Waals surface area contributed by atoms with Crippen LogP contribution >= 0.6 is 0 Å². The van der Waals surface area contributed by atoms with Gasteiger partial charge in [0.2, 0.25) is 11.8 Å². The summed E-state index contributed by atoms with van der Waals surface area (Å²) in [4.78, 5) is 30.6. The molecule has 2 fully saturated rings. The second-order valence-corrected chi connectivity index (χ2v) is 11.8. The number of likely N-dealkylation sites (tertiary alicyclic amines) is 1. The van der Waals surface area contributed by atoms with E-state index in [1.54, 1.807) is 11.0 Å². The summed E-state index contributed by atoms with van der Waals surface area (Å²) in [7, 11) is 0. The van der Waals surface area contributed by atoms with Crippen LogP contribution in [0.4, 0.5) is 8.78 Å². The van der Waals surface area contributed by atoms with Crippen molar-refractivity contribution in [2.45, 2.75) is 64.2 Å². The van der Waals surface area contributed by atoms with E-state index >= 15 is 0 Å². The van der Waals surface area contributed by atoms with E-state index in [0.717, 1.165) is 28.3 Å². The smallest absolute Gasteiger partial charge is 0.243 e. The molecule has 2 saturated heterocycles. The van der Waals surface area contributed by atoms with Crippen LogP contribution in [0.1, 0.15) is 50.3 Å². The third kappa shape index (κ3) is 6.57. The maximum Gasteiger partial charge on any atom is 0.243 e. The minimum Gasteiger partial charge on any atom is -0.351 e. The van der Waals surface area contributed by atoms with Gasteiger partial charge in [-0.25, -0.2) is 8.78 Å². The number of amides is 2. The van der Waals surface area contributed by atoms with Gasteiger partial charge in [0, 0.05) is 44.6 Å². The summed E-state index contributed by atoms with van der Waals surface area (Å²) in [5.74, 6) is -1.97. The Morgan fingerprint density at radius 1 is 1.21 bits per heavy atom. The summed E-state index contributed by atoms with van der Waals surface area (Å²) in [5, 5.41) is 2.97. The van der Waals surface area contributed by atoms with Crippen molar-refractivity contribution >= 4 is 17.4 Å². The van der Waals surface area contributed by atoms with Crippen molar-refractivity contribution in [3.63, 3.8) is 0 Å². The number of rotatable bonds is 8. The third-order valence-corrected chi connectivity index (χ3v) is 8.36. The topological polar surface area (TPSA) is 97.1 Å². The van der Waals surface area contributed by atoms with E-state index in [1.807, 2.05) is 49.1 Å². The lowest BCUT2D eigenvalue weighted by atomic mass is 9.90. The van der Waals surface area contributed by atoms with Crippen molar-refractivity contribution in [1.82, 2.24) is 15.1 Å². The SMILES string of the molecule is C/C=C(\C=C(/C)CNC(=O)C1CC2(CN1C(=O)CN1Cc3ccc(C4=CCC(C)(F)C=C4F)cc3C1)OCCO2)CN. The van der Waals surface area contributed by atoms with Gasteiger partial charge in [-0.15, -0.1) is 0 Å². The van der Waals surface area contributed by atoms with Gasteiger partial charge in [-0.2, -0.15) is 0 Å². The van der Waals surface area contributed by atoms with Crippen LogP contribution in [0.15, 0.2) is 59.5 Å².